The molecule has 0 saturated heterocycles. The minimum Gasteiger partial charge on any atom is -0.469 e. The van der Waals surface area contributed by atoms with Gasteiger partial charge in [-0.3, -0.25) is 4.79 Å². The highest BCUT2D eigenvalue weighted by Crippen LogP contribution is 2.67. The topological polar surface area (TPSA) is 46.5 Å². The van der Waals surface area contributed by atoms with Gasteiger partial charge in [0.15, 0.2) is 0 Å². The van der Waals surface area contributed by atoms with Gasteiger partial charge in [-0.1, -0.05) is 32.4 Å². The smallest absolute Gasteiger partial charge is 0.305 e. The number of methoxy groups -OCH3 is 1. The maximum Gasteiger partial charge on any atom is 0.305 e. The minimum atomic E-state index is -0.505. The fourth-order valence-electron chi connectivity index (χ4n) is 8.43. The fourth-order valence-corrected chi connectivity index (χ4v) is 8.43. The molecular formula is C26H42O3. The molecule has 3 fully saturated rings. The standard InChI is InChI=1S/C26H42O3/c1-17(6-11-23(27)29-5)20-9-10-21-19-8-7-18-16-24(2,28)14-15-25(18,3)22(19)12-13-26(20,21)4/h7,17,19-22,28H,6,8-16H2,1-5H3/t17-,19?,20?,21?,22?,24+,25?,26?/m1/s1. The molecule has 0 aromatic carbocycles. The van der Waals surface area contributed by atoms with E-state index in [4.69, 9.17) is 4.74 Å². The number of aliphatic hydroxyl groups is 1. The van der Waals surface area contributed by atoms with Gasteiger partial charge < -0.3 is 9.84 Å². The minimum absolute atomic E-state index is 0.0636. The third-order valence-corrected chi connectivity index (χ3v) is 10.2. The van der Waals surface area contributed by atoms with Crippen LogP contribution in [-0.4, -0.2) is 23.8 Å². The highest BCUT2D eigenvalue weighted by atomic mass is 16.5. The maximum absolute atomic E-state index is 11.7. The van der Waals surface area contributed by atoms with Crippen molar-refractivity contribution in [2.75, 3.05) is 7.11 Å². The summed E-state index contributed by atoms with van der Waals surface area (Å²) in [5.74, 6) is 3.69. The van der Waals surface area contributed by atoms with E-state index < -0.39 is 5.60 Å². The van der Waals surface area contributed by atoms with Crippen molar-refractivity contribution in [2.24, 2.45) is 40.4 Å². The predicted octanol–water partition coefficient (Wildman–Crippen LogP) is 5.91. The molecule has 0 aromatic heterocycles. The highest BCUT2D eigenvalue weighted by Gasteiger charge is 2.59. The van der Waals surface area contributed by atoms with Crippen LogP contribution >= 0.6 is 0 Å². The van der Waals surface area contributed by atoms with Crippen molar-refractivity contribution in [1.29, 1.82) is 0 Å². The summed E-state index contributed by atoms with van der Waals surface area (Å²) in [5, 5.41) is 10.6. The van der Waals surface area contributed by atoms with E-state index in [1.54, 1.807) is 5.57 Å². The lowest BCUT2D eigenvalue weighted by Crippen LogP contribution is -2.52. The van der Waals surface area contributed by atoms with Crippen molar-refractivity contribution in [2.45, 2.75) is 97.5 Å². The molecule has 3 saturated carbocycles. The van der Waals surface area contributed by atoms with Crippen LogP contribution < -0.4 is 0 Å². The highest BCUT2D eigenvalue weighted by molar-refractivity contribution is 5.69. The summed E-state index contributed by atoms with van der Waals surface area (Å²) >= 11 is 0. The van der Waals surface area contributed by atoms with Gasteiger partial charge in [0.2, 0.25) is 0 Å². The lowest BCUT2D eigenvalue weighted by molar-refractivity contribution is -0.141. The molecule has 6 unspecified atom stereocenters. The van der Waals surface area contributed by atoms with Crippen LogP contribution in [0, 0.1) is 40.4 Å². The molecule has 0 aromatic rings. The maximum atomic E-state index is 11.7. The second kappa shape index (κ2) is 7.39. The summed E-state index contributed by atoms with van der Waals surface area (Å²) in [6.45, 7) is 9.48. The van der Waals surface area contributed by atoms with Gasteiger partial charge in [-0.05, 0) is 105 Å². The molecule has 0 radical (unpaired) electrons. The monoisotopic (exact) mass is 402 g/mol. The van der Waals surface area contributed by atoms with E-state index in [0.29, 0.717) is 23.2 Å². The molecule has 3 nitrogen and oxygen atoms in total. The molecule has 0 bridgehead atoms. The molecule has 0 heterocycles. The first-order chi connectivity index (χ1) is 13.6. The van der Waals surface area contributed by atoms with E-state index in [1.807, 2.05) is 6.92 Å². The summed E-state index contributed by atoms with van der Waals surface area (Å²) in [4.78, 5) is 11.7. The fraction of sp³-hybridized carbons (Fsp3) is 0.885. The van der Waals surface area contributed by atoms with E-state index in [0.717, 1.165) is 49.4 Å². The summed E-state index contributed by atoms with van der Waals surface area (Å²) in [5.41, 5.74) is 1.79. The third kappa shape index (κ3) is 3.50. The number of hydrogen-bond acceptors (Lipinski definition) is 3. The number of carbonyl (C=O) groups is 1. The second-order valence-corrected chi connectivity index (χ2v) is 11.8. The van der Waals surface area contributed by atoms with E-state index in [-0.39, 0.29) is 5.97 Å². The van der Waals surface area contributed by atoms with Gasteiger partial charge in [0.1, 0.15) is 0 Å². The molecule has 1 N–H and O–H groups in total. The molecule has 0 spiro atoms. The predicted molar refractivity (Wildman–Crippen MR) is 116 cm³/mol. The number of esters is 1. The normalized spacial score (nSPS) is 47.4. The number of ether oxygens (including phenoxy) is 1. The third-order valence-electron chi connectivity index (χ3n) is 10.2. The number of rotatable bonds is 4. The Morgan fingerprint density at radius 1 is 1.17 bits per heavy atom. The van der Waals surface area contributed by atoms with Crippen molar-refractivity contribution in [3.8, 4) is 0 Å². The Labute approximate surface area is 177 Å². The summed E-state index contributed by atoms with van der Waals surface area (Å²) < 4.78 is 4.88. The quantitative estimate of drug-likeness (QED) is 0.470. The number of allylic oxidation sites excluding steroid dienone is 1. The van der Waals surface area contributed by atoms with Gasteiger partial charge in [0.05, 0.1) is 12.7 Å². The molecule has 164 valence electrons. The Hall–Kier alpha value is -0.830. The Bertz CT molecular complexity index is 679. The van der Waals surface area contributed by atoms with E-state index >= 15 is 0 Å². The number of hydrogen-bond donors (Lipinski definition) is 1. The molecule has 4 aliphatic rings. The van der Waals surface area contributed by atoms with Crippen LogP contribution in [0.1, 0.15) is 91.9 Å². The molecule has 4 aliphatic carbocycles. The molecule has 0 aliphatic heterocycles. The van der Waals surface area contributed by atoms with E-state index in [2.05, 4.69) is 26.8 Å². The second-order valence-electron chi connectivity index (χ2n) is 11.8. The molecular weight excluding hydrogens is 360 g/mol. The van der Waals surface area contributed by atoms with Gasteiger partial charge in [-0.2, -0.15) is 0 Å². The van der Waals surface area contributed by atoms with Crippen molar-refractivity contribution < 1.29 is 14.6 Å². The summed E-state index contributed by atoms with van der Waals surface area (Å²) in [6, 6.07) is 0. The van der Waals surface area contributed by atoms with Crippen LogP contribution in [-0.2, 0) is 9.53 Å². The van der Waals surface area contributed by atoms with Crippen LogP contribution in [0.5, 0.6) is 0 Å². The lowest BCUT2D eigenvalue weighted by Gasteiger charge is -2.59. The van der Waals surface area contributed by atoms with Crippen LogP contribution in [0.3, 0.4) is 0 Å². The van der Waals surface area contributed by atoms with Crippen LogP contribution in [0.25, 0.3) is 0 Å². The average Bonchev–Trinajstić information content (AvgIpc) is 3.03. The van der Waals surface area contributed by atoms with Gasteiger partial charge in [0.25, 0.3) is 0 Å². The zero-order valence-corrected chi connectivity index (χ0v) is 19.3. The van der Waals surface area contributed by atoms with Gasteiger partial charge in [0, 0.05) is 6.42 Å². The average molecular weight is 403 g/mol. The first-order valence-electron chi connectivity index (χ1n) is 12.1. The Kier molecular flexibility index (Phi) is 5.46. The Morgan fingerprint density at radius 2 is 1.93 bits per heavy atom. The molecule has 0 amide bonds. The zero-order valence-electron chi connectivity index (χ0n) is 19.3. The van der Waals surface area contributed by atoms with Crippen molar-refractivity contribution in [3.63, 3.8) is 0 Å². The molecule has 8 atom stereocenters. The lowest BCUT2D eigenvalue weighted by atomic mass is 9.46. The van der Waals surface area contributed by atoms with Crippen LogP contribution in [0.15, 0.2) is 11.6 Å². The van der Waals surface area contributed by atoms with E-state index in [9.17, 15) is 9.90 Å². The Balaban J connectivity index is 1.52. The first kappa shape index (κ1) is 21.4. The summed E-state index contributed by atoms with van der Waals surface area (Å²) in [6.07, 6.45) is 13.6. The van der Waals surface area contributed by atoms with Crippen molar-refractivity contribution in [3.05, 3.63) is 11.6 Å². The van der Waals surface area contributed by atoms with Crippen molar-refractivity contribution >= 4 is 5.97 Å². The van der Waals surface area contributed by atoms with Gasteiger partial charge in [-0.15, -0.1) is 0 Å². The van der Waals surface area contributed by atoms with Gasteiger partial charge >= 0.3 is 5.97 Å². The molecule has 4 rings (SSSR count). The van der Waals surface area contributed by atoms with Crippen LogP contribution in [0.4, 0.5) is 0 Å². The van der Waals surface area contributed by atoms with Crippen molar-refractivity contribution in [1.82, 2.24) is 0 Å². The van der Waals surface area contributed by atoms with Gasteiger partial charge in [-0.25, -0.2) is 0 Å². The number of fused-ring (bicyclic) bond motifs is 5. The summed E-state index contributed by atoms with van der Waals surface area (Å²) in [7, 11) is 1.50. The SMILES string of the molecule is COC(=O)CC[C@@H](C)C1CCC2C3CC=C4C[C@@](C)(O)CCC4(C)C3CCC21C. The first-order valence-corrected chi connectivity index (χ1v) is 12.1. The largest absolute Gasteiger partial charge is 0.469 e. The van der Waals surface area contributed by atoms with E-state index in [1.165, 1.54) is 39.2 Å². The molecule has 3 heteroatoms. The number of carbonyl (C=O) groups excluding carboxylic acids is 1. The molecule has 29 heavy (non-hydrogen) atoms. The Morgan fingerprint density at radius 3 is 2.66 bits per heavy atom. The zero-order chi connectivity index (χ0) is 21.0. The van der Waals surface area contributed by atoms with Crippen LogP contribution in [0.2, 0.25) is 0 Å².